The van der Waals surface area contributed by atoms with Crippen LogP contribution in [0.4, 0.5) is 0 Å². The van der Waals surface area contributed by atoms with Gasteiger partial charge in [0.25, 0.3) is 11.9 Å². The van der Waals surface area contributed by atoms with Gasteiger partial charge in [-0.2, -0.15) is 0 Å². The van der Waals surface area contributed by atoms with E-state index in [4.69, 9.17) is 13.6 Å². The molecule has 0 saturated carbocycles. The highest BCUT2D eigenvalue weighted by molar-refractivity contribution is 8.05. The van der Waals surface area contributed by atoms with Crippen molar-refractivity contribution in [1.29, 1.82) is 0 Å². The Balaban J connectivity index is 2.22. The van der Waals surface area contributed by atoms with Crippen LogP contribution in [0.5, 0.6) is 0 Å². The Bertz CT molecular complexity index is 574. The summed E-state index contributed by atoms with van der Waals surface area (Å²) in [5.41, 5.74) is 0. The highest BCUT2D eigenvalue weighted by Gasteiger charge is 2.50. The van der Waals surface area contributed by atoms with Crippen LogP contribution in [0.3, 0.4) is 0 Å². The van der Waals surface area contributed by atoms with Crippen LogP contribution < -0.4 is 5.19 Å². The summed E-state index contributed by atoms with van der Waals surface area (Å²) in [6.45, 7) is 6.02. The minimum Gasteiger partial charge on any atom is -0.482 e. The van der Waals surface area contributed by atoms with Gasteiger partial charge in [-0.25, -0.2) is 0 Å². The summed E-state index contributed by atoms with van der Waals surface area (Å²) < 4.78 is 16.8. The Kier molecular flexibility index (Phi) is 6.26. The van der Waals surface area contributed by atoms with Crippen molar-refractivity contribution in [2.75, 3.05) is 13.2 Å². The summed E-state index contributed by atoms with van der Waals surface area (Å²) in [6.07, 6.45) is 1.64. The van der Waals surface area contributed by atoms with Crippen LogP contribution in [0, 0.1) is 0 Å². The second-order valence-corrected chi connectivity index (χ2v) is 9.40. The van der Waals surface area contributed by atoms with Crippen LogP contribution in [0.2, 0.25) is 6.04 Å². The molecule has 0 unspecified atom stereocenters. The van der Waals surface area contributed by atoms with Crippen molar-refractivity contribution in [2.45, 2.75) is 49.4 Å². The summed E-state index contributed by atoms with van der Waals surface area (Å²) in [6, 6.07) is 6.34. The molecule has 0 fully saturated rings. The Hall–Kier alpha value is -1.31. The first-order valence-corrected chi connectivity index (χ1v) is 10.6. The van der Waals surface area contributed by atoms with Crippen molar-refractivity contribution in [3.8, 4) is 0 Å². The molecule has 1 aromatic carbocycles. The molecule has 5 nitrogen and oxygen atoms in total. The van der Waals surface area contributed by atoms with Gasteiger partial charge in [0.05, 0.1) is 0 Å². The van der Waals surface area contributed by atoms with E-state index in [1.807, 2.05) is 25.1 Å². The van der Waals surface area contributed by atoms with Gasteiger partial charge in [-0.1, -0.05) is 30.8 Å². The molecule has 0 aliphatic carbocycles. The van der Waals surface area contributed by atoms with Crippen molar-refractivity contribution < 1.29 is 23.2 Å². The average Bonchev–Trinajstić information content (AvgIpc) is 3.24. The third-order valence-electron chi connectivity index (χ3n) is 3.32. The normalized spacial score (nSPS) is 12.5. The van der Waals surface area contributed by atoms with Gasteiger partial charge in [-0.15, -0.1) is 0 Å². The van der Waals surface area contributed by atoms with Crippen LogP contribution in [0.1, 0.15) is 33.6 Å². The number of carbonyl (C=O) groups is 2. The van der Waals surface area contributed by atoms with Crippen molar-refractivity contribution in [1.82, 2.24) is 0 Å². The molecule has 126 valence electrons. The van der Waals surface area contributed by atoms with Crippen LogP contribution in [0.15, 0.2) is 28.0 Å². The molecule has 1 aromatic rings. The number of benzene rings is 1. The molecule has 2 rings (SSSR count). The van der Waals surface area contributed by atoms with Crippen molar-refractivity contribution in [2.24, 2.45) is 0 Å². The highest BCUT2D eigenvalue weighted by Crippen LogP contribution is 2.47. The third kappa shape index (κ3) is 4.83. The molecule has 0 amide bonds. The third-order valence-corrected chi connectivity index (χ3v) is 7.98. The maximum Gasteiger partial charge on any atom is 0.500 e. The molecule has 0 bridgehead atoms. The topological polar surface area (TPSA) is 61.8 Å². The highest BCUT2D eigenvalue weighted by atomic mass is 32.2. The minimum atomic E-state index is -3.15. The number of rotatable bonds is 9. The first-order chi connectivity index (χ1) is 11.0. The van der Waals surface area contributed by atoms with Crippen LogP contribution in [0.25, 0.3) is 0 Å². The lowest BCUT2D eigenvalue weighted by molar-refractivity contribution is -0.138. The Labute approximate surface area is 141 Å². The molecule has 0 aromatic heterocycles. The molecule has 0 spiro atoms. The van der Waals surface area contributed by atoms with Crippen LogP contribution in [-0.2, 0) is 23.2 Å². The van der Waals surface area contributed by atoms with Crippen LogP contribution >= 0.6 is 11.8 Å². The first kappa shape index (κ1) is 18.0. The molecule has 23 heavy (non-hydrogen) atoms. The monoisotopic (exact) mass is 354 g/mol. The van der Waals surface area contributed by atoms with E-state index in [1.165, 1.54) is 13.8 Å². The maximum absolute atomic E-state index is 11.7. The summed E-state index contributed by atoms with van der Waals surface area (Å²) in [4.78, 5) is 25.6. The lowest BCUT2D eigenvalue weighted by Gasteiger charge is -2.29. The van der Waals surface area contributed by atoms with E-state index in [0.717, 1.165) is 21.4 Å². The number of hydrogen-bond acceptors (Lipinski definition) is 6. The van der Waals surface area contributed by atoms with Gasteiger partial charge >= 0.3 is 8.56 Å². The largest absolute Gasteiger partial charge is 0.500 e. The van der Waals surface area contributed by atoms with E-state index >= 15 is 0 Å². The van der Waals surface area contributed by atoms with Crippen molar-refractivity contribution >= 4 is 37.4 Å². The molecule has 0 N–H and O–H groups in total. The lowest BCUT2D eigenvalue weighted by atomic mass is 10.4. The van der Waals surface area contributed by atoms with Gasteiger partial charge in [0.1, 0.15) is 0 Å². The minimum absolute atomic E-state index is 0.421. The Morgan fingerprint density at radius 3 is 2.43 bits per heavy atom. The van der Waals surface area contributed by atoms with Gasteiger partial charge in [-0.05, 0) is 18.9 Å². The van der Waals surface area contributed by atoms with Crippen molar-refractivity contribution in [3.63, 3.8) is 0 Å². The van der Waals surface area contributed by atoms with Crippen LogP contribution in [-0.4, -0.2) is 33.7 Å². The van der Waals surface area contributed by atoms with Gasteiger partial charge in [0.15, 0.2) is 0 Å². The van der Waals surface area contributed by atoms with E-state index in [0.29, 0.717) is 25.7 Å². The zero-order valence-electron chi connectivity index (χ0n) is 13.7. The zero-order chi connectivity index (χ0) is 16.9. The SMILES string of the molecule is CCCOCCC[Si](OC(C)=O)(OC(C)=O)c1cccc2c1S2. The molecule has 1 aliphatic rings. The predicted molar refractivity (Wildman–Crippen MR) is 90.0 cm³/mol. The molecule has 7 heteroatoms. The first-order valence-electron chi connectivity index (χ1n) is 7.77. The Morgan fingerprint density at radius 2 is 1.83 bits per heavy atom. The number of ether oxygens (including phenoxy) is 1. The second kappa shape index (κ2) is 7.99. The molecule has 1 heterocycles. The predicted octanol–water partition coefficient (Wildman–Crippen LogP) is 2.74. The smallest absolute Gasteiger partial charge is 0.482 e. The molecular weight excluding hydrogens is 332 g/mol. The lowest BCUT2D eigenvalue weighted by Crippen LogP contribution is -2.56. The van der Waals surface area contributed by atoms with E-state index in [1.54, 1.807) is 11.8 Å². The van der Waals surface area contributed by atoms with E-state index in [9.17, 15) is 9.59 Å². The fourth-order valence-electron chi connectivity index (χ4n) is 2.47. The Morgan fingerprint density at radius 1 is 1.13 bits per heavy atom. The van der Waals surface area contributed by atoms with Gasteiger partial charge < -0.3 is 13.6 Å². The quantitative estimate of drug-likeness (QED) is 0.392. The summed E-state index contributed by atoms with van der Waals surface area (Å²) in [7, 11) is -3.15. The molecular formula is C16H22O5SSi. The fourth-order valence-corrected chi connectivity index (χ4v) is 6.96. The van der Waals surface area contributed by atoms with Gasteiger partial charge in [-0.3, -0.25) is 9.59 Å². The summed E-state index contributed by atoms with van der Waals surface area (Å²) >= 11 is 1.63. The molecule has 0 atom stereocenters. The fraction of sp³-hybridized carbons (Fsp3) is 0.500. The van der Waals surface area contributed by atoms with Gasteiger partial charge in [0.2, 0.25) is 0 Å². The maximum atomic E-state index is 11.7. The second-order valence-electron chi connectivity index (χ2n) is 5.39. The van der Waals surface area contributed by atoms with Crippen molar-refractivity contribution in [3.05, 3.63) is 18.2 Å². The average molecular weight is 355 g/mol. The van der Waals surface area contributed by atoms with E-state index in [2.05, 4.69) is 0 Å². The molecule has 0 saturated heterocycles. The number of carbonyl (C=O) groups excluding carboxylic acids is 2. The number of fused-ring (bicyclic) bond motifs is 1. The zero-order valence-corrected chi connectivity index (χ0v) is 15.5. The van der Waals surface area contributed by atoms with E-state index < -0.39 is 20.5 Å². The number of hydrogen-bond donors (Lipinski definition) is 0. The van der Waals surface area contributed by atoms with Gasteiger partial charge in [0, 0.05) is 48.1 Å². The molecule has 1 aliphatic heterocycles. The van der Waals surface area contributed by atoms with E-state index in [-0.39, 0.29) is 0 Å². The summed E-state index contributed by atoms with van der Waals surface area (Å²) in [5, 5.41) is 0.876. The standard InChI is InChI=1S/C16H22O5SSi/c1-4-9-19-10-6-11-23(20-12(2)17,21-13(3)18)15-8-5-7-14-16(15)22-14/h5,7-8H,4,6,9-11H2,1-3H3. The summed E-state index contributed by atoms with van der Waals surface area (Å²) in [5.74, 6) is -0.841. The molecule has 0 radical (unpaired) electrons.